The average molecular weight is 274 g/mol. The van der Waals surface area contributed by atoms with Gasteiger partial charge in [0, 0.05) is 26.2 Å². The minimum Gasteiger partial charge on any atom is -0.468 e. The highest BCUT2D eigenvalue weighted by molar-refractivity contribution is 5.86. The maximum absolute atomic E-state index is 12.7. The van der Waals surface area contributed by atoms with Crippen LogP contribution >= 0.6 is 0 Å². The number of amides is 1. The second-order valence-electron chi connectivity index (χ2n) is 6.10. The normalized spacial score (nSPS) is 30.6. The molecule has 3 rings (SSSR count). The maximum Gasteiger partial charge on any atom is 0.230 e. The molecule has 108 valence electrons. The van der Waals surface area contributed by atoms with E-state index in [4.69, 9.17) is 4.42 Å². The molecule has 0 bridgehead atoms. The maximum atomic E-state index is 12.7. The summed E-state index contributed by atoms with van der Waals surface area (Å²) in [6, 6.07) is 3.91. The summed E-state index contributed by atoms with van der Waals surface area (Å²) < 4.78 is 5.42. The van der Waals surface area contributed by atoms with E-state index in [1.54, 1.807) is 6.26 Å². The third-order valence-electron chi connectivity index (χ3n) is 4.83. The highest BCUT2D eigenvalue weighted by Crippen LogP contribution is 2.44. The number of carbonyl (C=O) groups excluding carboxylic acids is 1. The van der Waals surface area contributed by atoms with Gasteiger partial charge in [-0.25, -0.2) is 0 Å². The molecule has 2 fully saturated rings. The van der Waals surface area contributed by atoms with Crippen molar-refractivity contribution in [2.24, 2.45) is 11.3 Å². The highest BCUT2D eigenvalue weighted by Gasteiger charge is 2.54. The lowest BCUT2D eigenvalue weighted by Gasteiger charge is -2.26. The fraction of sp³-hybridized carbons (Fsp3) is 0.562. The predicted octanol–water partition coefficient (Wildman–Crippen LogP) is 2.14. The molecule has 4 heteroatoms. The van der Waals surface area contributed by atoms with Crippen molar-refractivity contribution in [2.75, 3.05) is 26.2 Å². The van der Waals surface area contributed by atoms with Crippen molar-refractivity contribution in [1.82, 2.24) is 9.80 Å². The Morgan fingerprint density at radius 2 is 2.45 bits per heavy atom. The van der Waals surface area contributed by atoms with E-state index in [1.807, 2.05) is 23.1 Å². The van der Waals surface area contributed by atoms with Gasteiger partial charge in [0.25, 0.3) is 0 Å². The predicted molar refractivity (Wildman–Crippen MR) is 77.0 cm³/mol. The molecule has 2 aliphatic rings. The zero-order valence-corrected chi connectivity index (χ0v) is 12.0. The molecule has 0 aliphatic carbocycles. The van der Waals surface area contributed by atoms with Crippen LogP contribution in [-0.2, 0) is 11.3 Å². The fourth-order valence-corrected chi connectivity index (χ4v) is 3.72. The van der Waals surface area contributed by atoms with Gasteiger partial charge in [-0.1, -0.05) is 13.0 Å². The van der Waals surface area contributed by atoms with Crippen LogP contribution in [0, 0.1) is 11.3 Å². The van der Waals surface area contributed by atoms with Crippen LogP contribution in [0.2, 0.25) is 0 Å². The summed E-state index contributed by atoms with van der Waals surface area (Å²) in [5.74, 6) is 1.69. The summed E-state index contributed by atoms with van der Waals surface area (Å²) in [5, 5.41) is 0. The molecule has 20 heavy (non-hydrogen) atoms. The molecule has 1 aromatic heterocycles. The SMILES string of the molecule is C=CCN1CC[C@]2(CN(Cc3ccco3)C[C@H]2C)C1=O. The van der Waals surface area contributed by atoms with Crippen LogP contribution in [0.5, 0.6) is 0 Å². The van der Waals surface area contributed by atoms with E-state index in [1.165, 1.54) is 0 Å². The van der Waals surface area contributed by atoms with E-state index in [0.29, 0.717) is 18.4 Å². The van der Waals surface area contributed by atoms with Crippen molar-refractivity contribution in [3.63, 3.8) is 0 Å². The number of likely N-dealkylation sites (tertiary alicyclic amines) is 2. The van der Waals surface area contributed by atoms with Crippen molar-refractivity contribution in [3.8, 4) is 0 Å². The number of nitrogens with zero attached hydrogens (tertiary/aromatic N) is 2. The molecular weight excluding hydrogens is 252 g/mol. The first kappa shape index (κ1) is 13.4. The number of hydrogen-bond donors (Lipinski definition) is 0. The summed E-state index contributed by atoms with van der Waals surface area (Å²) in [4.78, 5) is 17.0. The van der Waals surface area contributed by atoms with Gasteiger partial charge in [-0.15, -0.1) is 6.58 Å². The Bertz CT molecular complexity index is 497. The molecule has 3 heterocycles. The first-order valence-electron chi connectivity index (χ1n) is 7.31. The summed E-state index contributed by atoms with van der Waals surface area (Å²) in [7, 11) is 0. The largest absolute Gasteiger partial charge is 0.468 e. The van der Waals surface area contributed by atoms with Gasteiger partial charge in [0.15, 0.2) is 0 Å². The van der Waals surface area contributed by atoms with Gasteiger partial charge < -0.3 is 9.32 Å². The van der Waals surface area contributed by atoms with Crippen molar-refractivity contribution in [3.05, 3.63) is 36.8 Å². The summed E-state index contributed by atoms with van der Waals surface area (Å²) >= 11 is 0. The molecule has 1 spiro atoms. The first-order valence-corrected chi connectivity index (χ1v) is 7.31. The highest BCUT2D eigenvalue weighted by atomic mass is 16.3. The zero-order chi connectivity index (χ0) is 14.2. The van der Waals surface area contributed by atoms with Gasteiger partial charge in [0.1, 0.15) is 5.76 Å². The third-order valence-corrected chi connectivity index (χ3v) is 4.83. The van der Waals surface area contributed by atoms with Gasteiger partial charge >= 0.3 is 0 Å². The van der Waals surface area contributed by atoms with Crippen molar-refractivity contribution in [2.45, 2.75) is 19.9 Å². The van der Waals surface area contributed by atoms with E-state index in [-0.39, 0.29) is 5.41 Å². The third kappa shape index (κ3) is 2.08. The monoisotopic (exact) mass is 274 g/mol. The van der Waals surface area contributed by atoms with Crippen LogP contribution in [0.1, 0.15) is 19.1 Å². The summed E-state index contributed by atoms with van der Waals surface area (Å²) in [6.07, 6.45) is 4.49. The smallest absolute Gasteiger partial charge is 0.230 e. The molecule has 2 saturated heterocycles. The van der Waals surface area contributed by atoms with Crippen molar-refractivity contribution >= 4 is 5.91 Å². The van der Waals surface area contributed by atoms with Crippen LogP contribution in [-0.4, -0.2) is 41.9 Å². The number of rotatable bonds is 4. The molecule has 0 radical (unpaired) electrons. The minimum absolute atomic E-state index is 0.185. The van der Waals surface area contributed by atoms with Crippen LogP contribution < -0.4 is 0 Å². The molecule has 0 saturated carbocycles. The number of furan rings is 1. The lowest BCUT2D eigenvalue weighted by molar-refractivity contribution is -0.136. The Morgan fingerprint density at radius 3 is 3.15 bits per heavy atom. The number of carbonyl (C=O) groups is 1. The summed E-state index contributed by atoms with van der Waals surface area (Å²) in [5.41, 5.74) is -0.185. The Morgan fingerprint density at radius 1 is 1.60 bits per heavy atom. The van der Waals surface area contributed by atoms with E-state index in [0.717, 1.165) is 38.4 Å². The second-order valence-corrected chi connectivity index (χ2v) is 6.10. The molecule has 0 unspecified atom stereocenters. The van der Waals surface area contributed by atoms with Crippen LogP contribution in [0.15, 0.2) is 35.5 Å². The molecule has 1 amide bonds. The molecule has 4 nitrogen and oxygen atoms in total. The molecule has 0 N–H and O–H groups in total. The lowest BCUT2D eigenvalue weighted by Crippen LogP contribution is -2.39. The van der Waals surface area contributed by atoms with Gasteiger partial charge in [0.2, 0.25) is 5.91 Å². The Balaban J connectivity index is 1.72. The fourth-order valence-electron chi connectivity index (χ4n) is 3.72. The minimum atomic E-state index is -0.185. The van der Waals surface area contributed by atoms with E-state index < -0.39 is 0 Å². The average Bonchev–Trinajstić information content (AvgIpc) is 3.09. The van der Waals surface area contributed by atoms with Gasteiger partial charge in [-0.05, 0) is 24.5 Å². The Hall–Kier alpha value is -1.55. The van der Waals surface area contributed by atoms with E-state index in [2.05, 4.69) is 18.4 Å². The quantitative estimate of drug-likeness (QED) is 0.789. The molecule has 2 aliphatic heterocycles. The van der Waals surface area contributed by atoms with Crippen molar-refractivity contribution < 1.29 is 9.21 Å². The molecule has 1 aromatic rings. The Labute approximate surface area is 120 Å². The van der Waals surface area contributed by atoms with Crippen LogP contribution in [0.4, 0.5) is 0 Å². The van der Waals surface area contributed by atoms with Crippen molar-refractivity contribution in [1.29, 1.82) is 0 Å². The van der Waals surface area contributed by atoms with Gasteiger partial charge in [-0.3, -0.25) is 9.69 Å². The molecule has 2 atom stereocenters. The van der Waals surface area contributed by atoms with Gasteiger partial charge in [-0.2, -0.15) is 0 Å². The van der Waals surface area contributed by atoms with Crippen LogP contribution in [0.3, 0.4) is 0 Å². The summed E-state index contributed by atoms with van der Waals surface area (Å²) in [6.45, 7) is 10.1. The van der Waals surface area contributed by atoms with Gasteiger partial charge in [0.05, 0.1) is 18.2 Å². The molecule has 0 aromatic carbocycles. The lowest BCUT2D eigenvalue weighted by atomic mass is 9.78. The standard InChI is InChI=1S/C16H22N2O2/c1-3-7-18-8-6-16(15(18)19)12-17(10-13(16)2)11-14-5-4-9-20-14/h3-5,9,13H,1,6-8,10-12H2,2H3/t13-,16-/m1/s1. The molecular formula is C16H22N2O2. The topological polar surface area (TPSA) is 36.7 Å². The second kappa shape index (κ2) is 5.09. The zero-order valence-electron chi connectivity index (χ0n) is 12.0. The number of hydrogen-bond acceptors (Lipinski definition) is 3. The first-order chi connectivity index (χ1) is 9.65. The Kier molecular flexibility index (Phi) is 3.42. The van der Waals surface area contributed by atoms with E-state index in [9.17, 15) is 4.79 Å². The van der Waals surface area contributed by atoms with Crippen LogP contribution in [0.25, 0.3) is 0 Å². The van der Waals surface area contributed by atoms with E-state index >= 15 is 0 Å².